The van der Waals surface area contributed by atoms with Gasteiger partial charge >= 0.3 is 17.8 Å². The van der Waals surface area contributed by atoms with Crippen molar-refractivity contribution in [2.75, 3.05) is 38.2 Å². The molecule has 1 aliphatic heterocycles. The third-order valence-corrected chi connectivity index (χ3v) is 7.33. The smallest absolute Gasteiger partial charge is 0.412 e. The summed E-state index contributed by atoms with van der Waals surface area (Å²) in [6.45, 7) is 9.02. The molecule has 3 aromatic rings. The number of aromatic amines is 1. The van der Waals surface area contributed by atoms with E-state index in [9.17, 15) is 9.59 Å². The first-order valence-electron chi connectivity index (χ1n) is 14.6. The van der Waals surface area contributed by atoms with Crippen LogP contribution in [0.1, 0.15) is 69.9 Å². The van der Waals surface area contributed by atoms with Crippen molar-refractivity contribution in [1.82, 2.24) is 24.4 Å². The number of rotatable bonds is 14. The van der Waals surface area contributed by atoms with Crippen molar-refractivity contribution >= 4 is 23.1 Å². The van der Waals surface area contributed by atoms with Crippen molar-refractivity contribution in [3.63, 3.8) is 0 Å². The van der Waals surface area contributed by atoms with Gasteiger partial charge in [-0.2, -0.15) is 9.97 Å². The molecule has 3 heterocycles. The Balaban J connectivity index is 1.49. The lowest BCUT2D eigenvalue weighted by molar-refractivity contribution is 0.160. The van der Waals surface area contributed by atoms with E-state index in [1.807, 2.05) is 19.1 Å². The number of carbonyl (C=O) groups is 1. The molecule has 0 aliphatic carbocycles. The van der Waals surface area contributed by atoms with Gasteiger partial charge in [0, 0.05) is 6.54 Å². The van der Waals surface area contributed by atoms with Crippen LogP contribution >= 0.6 is 0 Å². The number of piperidine rings is 1. The van der Waals surface area contributed by atoms with E-state index in [0.717, 1.165) is 69.8 Å². The van der Waals surface area contributed by atoms with Crippen molar-refractivity contribution in [3.05, 3.63) is 45.9 Å². The van der Waals surface area contributed by atoms with E-state index in [2.05, 4.69) is 44.2 Å². The normalized spacial score (nSPS) is 14.5. The number of amides is 1. The Morgan fingerprint density at radius 3 is 2.40 bits per heavy atom. The molecule has 40 heavy (non-hydrogen) atoms. The Hall–Kier alpha value is -3.44. The fraction of sp³-hybridized carbons (Fsp3) is 0.586. The summed E-state index contributed by atoms with van der Waals surface area (Å²) in [5, 5.41) is 2.65. The summed E-state index contributed by atoms with van der Waals surface area (Å²) in [5.41, 5.74) is 8.28. The minimum atomic E-state index is -0.638. The standard InChI is InChI=1S/C29H43N7O4/c1-3-5-17-39-27-32-25(33-29(38)40-18-6-4-2)24-26(34-27)36(28(37)31-24)20-23-9-7-22(8-10-23)19-35-15-12-21(11-14-30)13-16-35/h7-10,21H,3-6,11-20,30H2,1-2H3,(H,31,37)(H,32,33,34,38). The lowest BCUT2D eigenvalue weighted by atomic mass is 9.93. The van der Waals surface area contributed by atoms with Gasteiger partial charge in [0.25, 0.3) is 0 Å². The van der Waals surface area contributed by atoms with Crippen LogP contribution in [0.3, 0.4) is 0 Å². The number of fused-ring (bicyclic) bond motifs is 1. The second-order valence-electron chi connectivity index (χ2n) is 10.5. The molecule has 2 aromatic heterocycles. The third-order valence-electron chi connectivity index (χ3n) is 7.33. The SMILES string of the molecule is CCCCOC(=O)Nc1nc(OCCCC)nc2c1[nH]c(=O)n2Cc1ccc(CN2CCC(CCN)CC2)cc1. The number of anilines is 1. The Labute approximate surface area is 235 Å². The predicted molar refractivity (Wildman–Crippen MR) is 156 cm³/mol. The number of benzene rings is 1. The van der Waals surface area contributed by atoms with Gasteiger partial charge in [-0.3, -0.25) is 14.8 Å². The topological polar surface area (TPSA) is 140 Å². The maximum Gasteiger partial charge on any atom is 0.412 e. The quantitative estimate of drug-likeness (QED) is 0.252. The van der Waals surface area contributed by atoms with E-state index in [4.69, 9.17) is 15.2 Å². The molecule has 11 heteroatoms. The van der Waals surface area contributed by atoms with Gasteiger partial charge in [0.15, 0.2) is 11.5 Å². The number of unbranched alkanes of at least 4 members (excludes halogenated alkanes) is 2. The molecule has 218 valence electrons. The lowest BCUT2D eigenvalue weighted by Crippen LogP contribution is -2.33. The second-order valence-corrected chi connectivity index (χ2v) is 10.5. The monoisotopic (exact) mass is 553 g/mol. The molecular weight excluding hydrogens is 510 g/mol. The van der Waals surface area contributed by atoms with Gasteiger partial charge in [0.2, 0.25) is 0 Å². The van der Waals surface area contributed by atoms with Crippen LogP contribution in [-0.4, -0.2) is 63.4 Å². The molecule has 1 aliphatic rings. The fourth-order valence-corrected chi connectivity index (χ4v) is 4.92. The summed E-state index contributed by atoms with van der Waals surface area (Å²) >= 11 is 0. The molecule has 1 fully saturated rings. The number of aromatic nitrogens is 4. The van der Waals surface area contributed by atoms with Gasteiger partial charge in [-0.25, -0.2) is 9.59 Å². The average Bonchev–Trinajstić information content (AvgIpc) is 3.26. The Bertz CT molecular complexity index is 1280. The fourth-order valence-electron chi connectivity index (χ4n) is 4.92. The molecule has 0 radical (unpaired) electrons. The second kappa shape index (κ2) is 14.8. The van der Waals surface area contributed by atoms with Crippen LogP contribution in [0.25, 0.3) is 11.2 Å². The molecular formula is C29H43N7O4. The highest BCUT2D eigenvalue weighted by atomic mass is 16.5. The molecule has 4 rings (SSSR count). The summed E-state index contributed by atoms with van der Waals surface area (Å²) in [5.74, 6) is 0.904. The highest BCUT2D eigenvalue weighted by Crippen LogP contribution is 2.23. The number of imidazole rings is 1. The zero-order valence-electron chi connectivity index (χ0n) is 23.8. The molecule has 1 amide bonds. The third kappa shape index (κ3) is 8.04. The molecule has 0 spiro atoms. The number of nitrogens with two attached hydrogens (primary N) is 1. The van der Waals surface area contributed by atoms with Crippen LogP contribution in [0.5, 0.6) is 6.01 Å². The first-order valence-corrected chi connectivity index (χ1v) is 14.6. The van der Waals surface area contributed by atoms with Gasteiger partial charge in [0.05, 0.1) is 19.8 Å². The number of carbonyl (C=O) groups excluding carboxylic acids is 1. The van der Waals surface area contributed by atoms with E-state index in [1.165, 1.54) is 23.0 Å². The van der Waals surface area contributed by atoms with Crippen molar-refractivity contribution in [1.29, 1.82) is 0 Å². The molecule has 1 aromatic carbocycles. The van der Waals surface area contributed by atoms with Crippen LogP contribution in [0.2, 0.25) is 0 Å². The number of hydrogen-bond acceptors (Lipinski definition) is 8. The zero-order chi connectivity index (χ0) is 28.3. The minimum Gasteiger partial charge on any atom is -0.463 e. The first-order chi connectivity index (χ1) is 19.5. The molecule has 0 atom stereocenters. The number of H-pyrrole nitrogens is 1. The van der Waals surface area contributed by atoms with Crippen LogP contribution in [-0.2, 0) is 17.8 Å². The lowest BCUT2D eigenvalue weighted by Gasteiger charge is -2.31. The maximum atomic E-state index is 13.0. The van der Waals surface area contributed by atoms with E-state index in [0.29, 0.717) is 30.9 Å². The van der Waals surface area contributed by atoms with Crippen LogP contribution in [0.4, 0.5) is 10.6 Å². The van der Waals surface area contributed by atoms with Gasteiger partial charge < -0.3 is 20.2 Å². The van der Waals surface area contributed by atoms with Crippen LogP contribution in [0.15, 0.2) is 29.1 Å². The first kappa shape index (κ1) is 29.5. The van der Waals surface area contributed by atoms with Gasteiger partial charge in [-0.05, 0) is 68.8 Å². The van der Waals surface area contributed by atoms with Crippen molar-refractivity contribution in [2.45, 2.75) is 71.9 Å². The Kier molecular flexibility index (Phi) is 10.9. The number of hydrogen-bond donors (Lipinski definition) is 3. The summed E-state index contributed by atoms with van der Waals surface area (Å²) in [4.78, 5) is 39.5. The number of nitrogens with one attached hydrogen (secondary N) is 2. The molecule has 0 unspecified atom stereocenters. The van der Waals surface area contributed by atoms with Crippen molar-refractivity contribution < 1.29 is 14.3 Å². The van der Waals surface area contributed by atoms with E-state index in [1.54, 1.807) is 0 Å². The molecule has 11 nitrogen and oxygen atoms in total. The Morgan fingerprint density at radius 1 is 1.05 bits per heavy atom. The summed E-state index contributed by atoms with van der Waals surface area (Å²) in [6, 6.07) is 8.43. The van der Waals surface area contributed by atoms with E-state index < -0.39 is 6.09 Å². The Morgan fingerprint density at radius 2 is 1.73 bits per heavy atom. The minimum absolute atomic E-state index is 0.100. The van der Waals surface area contributed by atoms with Crippen LogP contribution in [0, 0.1) is 5.92 Å². The number of nitrogens with zero attached hydrogens (tertiary/aromatic N) is 4. The van der Waals surface area contributed by atoms with Crippen LogP contribution < -0.4 is 21.5 Å². The molecule has 0 saturated carbocycles. The highest BCUT2D eigenvalue weighted by molar-refractivity contribution is 5.93. The number of ether oxygens (including phenoxy) is 2. The van der Waals surface area contributed by atoms with Crippen molar-refractivity contribution in [3.8, 4) is 6.01 Å². The van der Waals surface area contributed by atoms with Crippen molar-refractivity contribution in [2.24, 2.45) is 11.7 Å². The van der Waals surface area contributed by atoms with Gasteiger partial charge in [-0.1, -0.05) is 51.0 Å². The summed E-state index contributed by atoms with van der Waals surface area (Å²) < 4.78 is 12.5. The summed E-state index contributed by atoms with van der Waals surface area (Å²) in [6.07, 6.45) is 6.35. The van der Waals surface area contributed by atoms with Gasteiger partial charge in [0.1, 0.15) is 5.52 Å². The molecule has 0 bridgehead atoms. The maximum absolute atomic E-state index is 13.0. The van der Waals surface area contributed by atoms with E-state index >= 15 is 0 Å². The molecule has 4 N–H and O–H groups in total. The molecule has 1 saturated heterocycles. The zero-order valence-corrected chi connectivity index (χ0v) is 23.8. The highest BCUT2D eigenvalue weighted by Gasteiger charge is 2.20. The van der Waals surface area contributed by atoms with Gasteiger partial charge in [-0.15, -0.1) is 0 Å². The summed E-state index contributed by atoms with van der Waals surface area (Å²) in [7, 11) is 0. The van der Waals surface area contributed by atoms with E-state index in [-0.39, 0.29) is 17.5 Å². The predicted octanol–water partition coefficient (Wildman–Crippen LogP) is 4.26. The average molecular weight is 554 g/mol. The number of likely N-dealkylation sites (tertiary alicyclic amines) is 1. The largest absolute Gasteiger partial charge is 0.463 e.